The molecule has 0 radical (unpaired) electrons. The molecular formula is C34H42O12S. The summed E-state index contributed by atoms with van der Waals surface area (Å²) in [7, 11) is 0. The van der Waals surface area contributed by atoms with Crippen LogP contribution in [0.4, 0.5) is 0 Å². The van der Waals surface area contributed by atoms with Crippen LogP contribution in [0.3, 0.4) is 0 Å². The first-order valence-electron chi connectivity index (χ1n) is 16.1. The lowest BCUT2D eigenvalue weighted by Gasteiger charge is -2.18. The van der Waals surface area contributed by atoms with Gasteiger partial charge in [-0.15, -0.1) is 11.3 Å². The molecule has 3 aliphatic rings. The molecule has 0 bridgehead atoms. The molecule has 0 fully saturated rings. The van der Waals surface area contributed by atoms with E-state index in [1.165, 1.54) is 0 Å². The molecule has 47 heavy (non-hydrogen) atoms. The van der Waals surface area contributed by atoms with Crippen LogP contribution < -0.4 is 28.4 Å². The van der Waals surface area contributed by atoms with Crippen molar-refractivity contribution in [1.29, 1.82) is 0 Å². The van der Waals surface area contributed by atoms with Crippen LogP contribution in [0.25, 0.3) is 20.9 Å². The third kappa shape index (κ3) is 9.63. The Balaban J connectivity index is 1.26. The molecule has 0 saturated carbocycles. The van der Waals surface area contributed by atoms with E-state index in [-0.39, 0.29) is 0 Å². The van der Waals surface area contributed by atoms with Crippen LogP contribution in [-0.2, 0) is 28.4 Å². The minimum atomic E-state index is 0.367. The topological polar surface area (TPSA) is 111 Å². The Hall–Kier alpha value is -3.30. The third-order valence-corrected chi connectivity index (χ3v) is 8.49. The fourth-order valence-electron chi connectivity index (χ4n) is 5.02. The van der Waals surface area contributed by atoms with E-state index < -0.39 is 0 Å². The Morgan fingerprint density at radius 3 is 0.979 bits per heavy atom. The van der Waals surface area contributed by atoms with Crippen LogP contribution in [-0.4, -0.2) is 119 Å². The van der Waals surface area contributed by atoms with E-state index in [9.17, 15) is 0 Å². The van der Waals surface area contributed by atoms with Crippen molar-refractivity contribution in [3.8, 4) is 55.4 Å². The Bertz CT molecular complexity index is 1290. The lowest BCUT2D eigenvalue weighted by molar-refractivity contribution is 0.00708. The van der Waals surface area contributed by atoms with Gasteiger partial charge in [-0.25, -0.2) is 0 Å². The maximum Gasteiger partial charge on any atom is 0.180 e. The summed E-state index contributed by atoms with van der Waals surface area (Å²) in [4.78, 5) is 1.85. The maximum atomic E-state index is 6.21. The fourth-order valence-corrected chi connectivity index (χ4v) is 6.20. The van der Waals surface area contributed by atoms with Gasteiger partial charge in [0.05, 0.1) is 89.0 Å². The zero-order valence-corrected chi connectivity index (χ0v) is 27.3. The second-order valence-electron chi connectivity index (χ2n) is 10.5. The van der Waals surface area contributed by atoms with E-state index >= 15 is 0 Å². The van der Waals surface area contributed by atoms with Crippen molar-refractivity contribution in [2.24, 2.45) is 0 Å². The van der Waals surface area contributed by atoms with Gasteiger partial charge in [0.2, 0.25) is 0 Å². The Morgan fingerprint density at radius 1 is 0.319 bits per heavy atom. The molecule has 12 nitrogen and oxygen atoms in total. The highest BCUT2D eigenvalue weighted by Crippen LogP contribution is 2.55. The summed E-state index contributed by atoms with van der Waals surface area (Å²) in [5, 5.41) is 0. The van der Waals surface area contributed by atoms with E-state index in [1.54, 1.807) is 11.3 Å². The molecule has 0 unspecified atom stereocenters. The summed E-state index contributed by atoms with van der Waals surface area (Å²) >= 11 is 1.58. The molecule has 0 N–H and O–H groups in total. The molecule has 0 amide bonds. The quantitative estimate of drug-likeness (QED) is 0.382. The molecule has 6 rings (SSSR count). The summed E-state index contributed by atoms with van der Waals surface area (Å²) in [5.74, 6) is 3.89. The highest BCUT2D eigenvalue weighted by atomic mass is 32.1. The van der Waals surface area contributed by atoms with Gasteiger partial charge in [0.25, 0.3) is 0 Å². The van der Waals surface area contributed by atoms with E-state index in [0.29, 0.717) is 153 Å². The number of thiophene rings is 1. The average Bonchev–Trinajstić information content (AvgIpc) is 3.48. The van der Waals surface area contributed by atoms with E-state index in [4.69, 9.17) is 56.8 Å². The highest BCUT2D eigenvalue weighted by Gasteiger charge is 2.27. The van der Waals surface area contributed by atoms with Gasteiger partial charge in [-0.2, -0.15) is 0 Å². The molecule has 3 aromatic rings. The second-order valence-corrected chi connectivity index (χ2v) is 11.5. The number of hydrogen-bond donors (Lipinski definition) is 0. The molecule has 0 spiro atoms. The minimum Gasteiger partial charge on any atom is -0.487 e. The first-order chi connectivity index (χ1) is 23.4. The van der Waals surface area contributed by atoms with Gasteiger partial charge in [-0.3, -0.25) is 0 Å². The van der Waals surface area contributed by atoms with Crippen LogP contribution in [0.1, 0.15) is 0 Å². The number of benzene rings is 2. The van der Waals surface area contributed by atoms with Crippen molar-refractivity contribution in [1.82, 2.24) is 0 Å². The number of hydrogen-bond acceptors (Lipinski definition) is 13. The van der Waals surface area contributed by atoms with Gasteiger partial charge < -0.3 is 56.8 Å². The molecule has 0 atom stereocenters. The summed E-state index contributed by atoms with van der Waals surface area (Å²) < 4.78 is 70.3. The van der Waals surface area contributed by atoms with E-state index in [0.717, 1.165) is 20.9 Å². The van der Waals surface area contributed by atoms with Gasteiger partial charge in [-0.1, -0.05) is 0 Å². The average molecular weight is 675 g/mol. The van der Waals surface area contributed by atoms with E-state index in [1.807, 2.05) is 36.4 Å². The van der Waals surface area contributed by atoms with Crippen LogP contribution in [0.2, 0.25) is 0 Å². The monoisotopic (exact) mass is 674 g/mol. The molecule has 13 heteroatoms. The molecule has 0 aliphatic carbocycles. The predicted molar refractivity (Wildman–Crippen MR) is 173 cm³/mol. The van der Waals surface area contributed by atoms with Gasteiger partial charge in [0, 0.05) is 0 Å². The fraction of sp³-hybridized carbons (Fsp3) is 0.529. The molecule has 2 aromatic carbocycles. The first-order valence-corrected chi connectivity index (χ1v) is 16.9. The van der Waals surface area contributed by atoms with Crippen molar-refractivity contribution < 1.29 is 56.8 Å². The van der Waals surface area contributed by atoms with Crippen molar-refractivity contribution in [3.05, 3.63) is 36.4 Å². The van der Waals surface area contributed by atoms with Crippen molar-refractivity contribution in [3.63, 3.8) is 0 Å². The predicted octanol–water partition coefficient (Wildman–Crippen LogP) is 4.50. The largest absolute Gasteiger partial charge is 0.487 e. The van der Waals surface area contributed by atoms with Crippen LogP contribution >= 0.6 is 11.3 Å². The maximum absolute atomic E-state index is 6.21. The third-order valence-electron chi connectivity index (χ3n) is 7.24. The summed E-state index contributed by atoms with van der Waals surface area (Å²) in [5.41, 5.74) is 1.84. The van der Waals surface area contributed by atoms with Crippen molar-refractivity contribution in [2.75, 3.05) is 119 Å². The van der Waals surface area contributed by atoms with Gasteiger partial charge >= 0.3 is 0 Å². The summed E-state index contributed by atoms with van der Waals surface area (Å²) in [6.07, 6.45) is 0. The summed E-state index contributed by atoms with van der Waals surface area (Å²) in [6, 6.07) is 11.8. The molecule has 4 heterocycles. The van der Waals surface area contributed by atoms with Crippen LogP contribution in [0.5, 0.6) is 34.5 Å². The molecular weight excluding hydrogens is 632 g/mol. The van der Waals surface area contributed by atoms with Gasteiger partial charge in [0.1, 0.15) is 39.6 Å². The lowest BCUT2D eigenvalue weighted by atomic mass is 10.1. The SMILES string of the molecule is c1cc2c(cc1-c1sc(-c3ccc4c(c3)OCCOCCOCCOCCO4)c3c1OCCO3)OCCOCCOCCOCCO2. The highest BCUT2D eigenvalue weighted by molar-refractivity contribution is 7.19. The normalized spacial score (nSPS) is 19.3. The first kappa shape index (κ1) is 33.6. The summed E-state index contributed by atoms with van der Waals surface area (Å²) in [6.45, 7) is 8.21. The number of ether oxygens (including phenoxy) is 12. The smallest absolute Gasteiger partial charge is 0.180 e. The van der Waals surface area contributed by atoms with Gasteiger partial charge in [-0.05, 0) is 47.5 Å². The zero-order valence-electron chi connectivity index (χ0n) is 26.5. The number of rotatable bonds is 2. The Morgan fingerprint density at radius 2 is 0.617 bits per heavy atom. The minimum absolute atomic E-state index is 0.367. The molecule has 1 aromatic heterocycles. The van der Waals surface area contributed by atoms with E-state index in [2.05, 4.69) is 0 Å². The van der Waals surface area contributed by atoms with Crippen molar-refractivity contribution in [2.45, 2.75) is 0 Å². The number of fused-ring (bicyclic) bond motifs is 3. The molecule has 3 aliphatic heterocycles. The Kier molecular flexibility index (Phi) is 13.1. The second kappa shape index (κ2) is 18.3. The zero-order chi connectivity index (χ0) is 31.9. The molecule has 0 saturated heterocycles. The van der Waals surface area contributed by atoms with Crippen LogP contribution in [0, 0.1) is 0 Å². The molecule has 256 valence electrons. The standard InChI is InChI=1S/C34H42O12S/c1-3-27-29(43-19-15-39-11-7-35-5-9-37-13-17-41-27)23-25(1)33-31-32(46-22-21-45-31)34(47-33)26-2-4-28-30(24-26)44-20-16-40-12-8-36-6-10-38-14-18-42-28/h1-4,23-24H,5-22H2. The van der Waals surface area contributed by atoms with Crippen LogP contribution in [0.15, 0.2) is 36.4 Å². The lowest BCUT2D eigenvalue weighted by Crippen LogP contribution is -2.15. The van der Waals surface area contributed by atoms with Crippen molar-refractivity contribution >= 4 is 11.3 Å². The van der Waals surface area contributed by atoms with Gasteiger partial charge in [0.15, 0.2) is 34.5 Å². The Labute approximate surface area is 278 Å².